The molecule has 0 saturated carbocycles. The van der Waals surface area contributed by atoms with Crippen molar-refractivity contribution < 1.29 is 34.8 Å². The lowest BCUT2D eigenvalue weighted by Gasteiger charge is -2.42. The first-order chi connectivity index (χ1) is 16.7. The van der Waals surface area contributed by atoms with Crippen LogP contribution in [0.5, 0.6) is 0 Å². The summed E-state index contributed by atoms with van der Waals surface area (Å²) in [4.78, 5) is 1.42. The molecule has 1 saturated heterocycles. The van der Waals surface area contributed by atoms with Gasteiger partial charge in [-0.1, -0.05) is 60.7 Å². The molecule has 3 aromatic carbocycles. The third kappa shape index (κ3) is 5.49. The Balaban J connectivity index is 1.80. The second-order valence-electron chi connectivity index (χ2n) is 8.63. The van der Waals surface area contributed by atoms with Crippen LogP contribution in [0.1, 0.15) is 33.9 Å². The topological polar surface area (TPSA) is 37.4 Å². The minimum Gasteiger partial charge on any atom is -0.284 e. The van der Waals surface area contributed by atoms with Crippen LogP contribution in [0.3, 0.4) is 0 Å². The van der Waals surface area contributed by atoms with E-state index in [0.29, 0.717) is 12.1 Å². The molecule has 0 aliphatic carbocycles. The van der Waals surface area contributed by atoms with E-state index in [-0.39, 0.29) is 30.8 Å². The summed E-state index contributed by atoms with van der Waals surface area (Å²) in [5.74, 6) is 0. The normalized spacial score (nSPS) is 15.2. The molecule has 3 nitrogen and oxygen atoms in total. The maximum atomic E-state index is 13.4. The van der Waals surface area contributed by atoms with Crippen molar-refractivity contribution in [3.05, 3.63) is 112 Å². The Labute approximate surface area is 204 Å². The van der Waals surface area contributed by atoms with Gasteiger partial charge in [-0.05, 0) is 40.5 Å². The lowest BCUT2D eigenvalue weighted by Crippen LogP contribution is -2.44. The molecular weight excluding hydrogens is 504 g/mol. The molecular formula is C26H21F6NO2S. The number of nitrogens with zero attached hydrogens (tertiary/aromatic N) is 1. The first-order valence-electron chi connectivity index (χ1n) is 10.8. The van der Waals surface area contributed by atoms with Gasteiger partial charge in [0.1, 0.15) is 0 Å². The summed E-state index contributed by atoms with van der Waals surface area (Å²) < 4.78 is 106. The zero-order valence-corrected chi connectivity index (χ0v) is 19.8. The van der Waals surface area contributed by atoms with Crippen molar-refractivity contribution >= 4 is 14.7 Å². The molecule has 190 valence electrons. The predicted octanol–water partition coefficient (Wildman–Crippen LogP) is 6.59. The van der Waals surface area contributed by atoms with Crippen molar-refractivity contribution in [2.45, 2.75) is 18.4 Å². The van der Waals surface area contributed by atoms with E-state index in [4.69, 9.17) is 0 Å². The van der Waals surface area contributed by atoms with Crippen LogP contribution in [0.4, 0.5) is 26.3 Å². The quantitative estimate of drug-likeness (QED) is 0.353. The molecule has 0 radical (unpaired) electrons. The maximum Gasteiger partial charge on any atom is 0.416 e. The van der Waals surface area contributed by atoms with Crippen molar-refractivity contribution in [2.24, 2.45) is 0 Å². The summed E-state index contributed by atoms with van der Waals surface area (Å²) in [6.07, 6.45) is -9.38. The fourth-order valence-corrected chi connectivity index (χ4v) is 5.62. The van der Waals surface area contributed by atoms with Gasteiger partial charge in [0.2, 0.25) is 0 Å². The molecule has 3 aromatic rings. The Morgan fingerprint density at radius 2 is 1.17 bits per heavy atom. The summed E-state index contributed by atoms with van der Waals surface area (Å²) in [7, 11) is -4.16. The van der Waals surface area contributed by atoms with E-state index in [1.165, 1.54) is 0 Å². The molecule has 36 heavy (non-hydrogen) atoms. The average molecular weight is 526 g/mol. The fourth-order valence-electron chi connectivity index (χ4n) is 4.42. The molecule has 4 rings (SSSR count). The smallest absolute Gasteiger partial charge is 0.284 e. The van der Waals surface area contributed by atoms with E-state index in [1.807, 2.05) is 65.6 Å². The summed E-state index contributed by atoms with van der Waals surface area (Å²) >= 11 is 0. The van der Waals surface area contributed by atoms with Gasteiger partial charge < -0.3 is 0 Å². The van der Waals surface area contributed by atoms with Gasteiger partial charge in [-0.15, -0.1) is 0 Å². The number of alkyl halides is 6. The Morgan fingerprint density at radius 3 is 1.53 bits per heavy atom. The van der Waals surface area contributed by atoms with Crippen molar-refractivity contribution in [1.29, 1.82) is 0 Å². The molecule has 0 atom stereocenters. The van der Waals surface area contributed by atoms with Crippen LogP contribution < -0.4 is 0 Å². The third-order valence-electron chi connectivity index (χ3n) is 5.93. The Kier molecular flexibility index (Phi) is 6.78. The van der Waals surface area contributed by atoms with Gasteiger partial charge >= 0.3 is 12.4 Å². The zero-order chi connectivity index (χ0) is 26.3. The molecule has 0 aromatic heterocycles. The number of hydrogen-bond donors (Lipinski definition) is 0. The van der Waals surface area contributed by atoms with Gasteiger partial charge in [0.05, 0.1) is 22.1 Å². The Hall–Kier alpha value is -3.11. The molecule has 0 amide bonds. The highest BCUT2D eigenvalue weighted by atomic mass is 32.2. The average Bonchev–Trinajstić information content (AvgIpc) is 2.76. The number of likely N-dealkylation sites (tertiary alicyclic amines) is 1. The van der Waals surface area contributed by atoms with Crippen LogP contribution in [0.15, 0.2) is 84.4 Å². The standard InChI is InChI=1S/C26H21F6NO2S/c1-36(34,35)24(19-12-21(25(27,28)29)14-22(13-19)26(30,31)32)20-15-33(16-20)23(17-8-4-2-5-9-17)18-10-6-3-7-11-18/h2-14,23H,15-16H2,1H3. The van der Waals surface area contributed by atoms with Gasteiger partial charge in [0.25, 0.3) is 0 Å². The molecule has 10 heteroatoms. The number of rotatable bonds is 5. The lowest BCUT2D eigenvalue weighted by atomic mass is 9.92. The van der Waals surface area contributed by atoms with Crippen molar-refractivity contribution in [1.82, 2.24) is 4.90 Å². The van der Waals surface area contributed by atoms with E-state index in [2.05, 4.69) is 0 Å². The number of benzene rings is 3. The Bertz CT molecular complexity index is 1300. The van der Waals surface area contributed by atoms with Crippen LogP contribution in [0, 0.1) is 0 Å². The molecule has 1 heterocycles. The molecule has 1 aliphatic rings. The van der Waals surface area contributed by atoms with Gasteiger partial charge in [0.15, 0.2) is 9.84 Å². The molecule has 0 unspecified atom stereocenters. The van der Waals surface area contributed by atoms with E-state index >= 15 is 0 Å². The first kappa shape index (κ1) is 26.0. The molecule has 0 spiro atoms. The van der Waals surface area contributed by atoms with Gasteiger partial charge in [-0.3, -0.25) is 4.90 Å². The van der Waals surface area contributed by atoms with E-state index in [1.54, 1.807) is 0 Å². The summed E-state index contributed by atoms with van der Waals surface area (Å²) in [6, 6.07) is 19.4. The molecule has 1 aliphatic heterocycles. The number of hydrogen-bond acceptors (Lipinski definition) is 3. The minimum atomic E-state index is -5.08. The second-order valence-corrected chi connectivity index (χ2v) is 10.6. The van der Waals surface area contributed by atoms with Gasteiger partial charge in [-0.25, -0.2) is 8.42 Å². The second kappa shape index (κ2) is 9.40. The summed E-state index contributed by atoms with van der Waals surface area (Å²) in [5.41, 5.74) is -1.65. The maximum absolute atomic E-state index is 13.4. The van der Waals surface area contributed by atoms with Gasteiger partial charge in [0, 0.05) is 19.3 Å². The Morgan fingerprint density at radius 1 is 0.750 bits per heavy atom. The fraction of sp³-hybridized carbons (Fsp3) is 0.231. The highest BCUT2D eigenvalue weighted by molar-refractivity contribution is 8.00. The van der Waals surface area contributed by atoms with E-state index in [0.717, 1.165) is 17.4 Å². The minimum absolute atomic E-state index is 0.0119. The summed E-state index contributed by atoms with van der Waals surface area (Å²) in [6.45, 7) is 0.128. The number of halogens is 6. The van der Waals surface area contributed by atoms with E-state index in [9.17, 15) is 34.8 Å². The SMILES string of the molecule is CS(=O)(=O)C(=C1CN(C(c2ccccc2)c2ccccc2)C1)c1cc(C(F)(F)F)cc(C(F)(F)F)c1. The highest BCUT2D eigenvalue weighted by Gasteiger charge is 2.39. The zero-order valence-electron chi connectivity index (χ0n) is 18.9. The number of sulfone groups is 1. The molecule has 0 N–H and O–H groups in total. The first-order valence-corrected chi connectivity index (χ1v) is 12.7. The van der Waals surface area contributed by atoms with E-state index < -0.39 is 43.8 Å². The van der Waals surface area contributed by atoms with Gasteiger partial charge in [-0.2, -0.15) is 26.3 Å². The van der Waals surface area contributed by atoms with Crippen molar-refractivity contribution in [3.8, 4) is 0 Å². The predicted molar refractivity (Wildman–Crippen MR) is 125 cm³/mol. The van der Waals surface area contributed by atoms with Crippen molar-refractivity contribution in [2.75, 3.05) is 19.3 Å². The van der Waals surface area contributed by atoms with Crippen molar-refractivity contribution in [3.63, 3.8) is 0 Å². The lowest BCUT2D eigenvalue weighted by molar-refractivity contribution is -0.143. The van der Waals surface area contributed by atoms with Crippen LogP contribution in [-0.4, -0.2) is 32.7 Å². The summed E-state index contributed by atoms with van der Waals surface area (Å²) in [5, 5.41) is 0. The van der Waals surface area contributed by atoms with Crippen LogP contribution in [-0.2, 0) is 22.2 Å². The third-order valence-corrected chi connectivity index (χ3v) is 7.19. The largest absolute Gasteiger partial charge is 0.416 e. The van der Waals surface area contributed by atoms with Crippen LogP contribution in [0.2, 0.25) is 0 Å². The monoisotopic (exact) mass is 525 g/mol. The molecule has 0 bridgehead atoms. The highest BCUT2D eigenvalue weighted by Crippen LogP contribution is 2.42. The molecule has 1 fully saturated rings. The van der Waals surface area contributed by atoms with Crippen LogP contribution >= 0.6 is 0 Å². The van der Waals surface area contributed by atoms with Crippen LogP contribution in [0.25, 0.3) is 4.91 Å².